The van der Waals surface area contributed by atoms with Crippen LogP contribution in [0.25, 0.3) is 17.7 Å². The van der Waals surface area contributed by atoms with E-state index in [0.717, 1.165) is 12.1 Å². The van der Waals surface area contributed by atoms with Crippen LogP contribution in [-0.2, 0) is 20.4 Å². The van der Waals surface area contributed by atoms with Gasteiger partial charge in [0.2, 0.25) is 0 Å². The summed E-state index contributed by atoms with van der Waals surface area (Å²) in [4.78, 5) is 12.0. The largest absolute Gasteiger partial charge is 0.503 e. The maximum atomic E-state index is 13.2. The molecule has 0 spiro atoms. The molecule has 2 rings (SSSR count). The smallest absolute Gasteiger partial charge is 0.417 e. The molecular formula is C22H18F4O3. The lowest BCUT2D eigenvalue weighted by Gasteiger charge is -2.10. The summed E-state index contributed by atoms with van der Waals surface area (Å²) in [5.74, 6) is -1.55. The normalized spacial score (nSPS) is 12.6. The van der Waals surface area contributed by atoms with Crippen molar-refractivity contribution < 1.29 is 31.8 Å². The molecular weight excluding hydrogens is 388 g/mol. The number of hydrogen-bond donors (Lipinski definition) is 0. The van der Waals surface area contributed by atoms with Crippen LogP contribution >= 0.6 is 0 Å². The number of alkyl halides is 3. The Morgan fingerprint density at radius 1 is 0.966 bits per heavy atom. The van der Waals surface area contributed by atoms with E-state index in [0.29, 0.717) is 17.2 Å². The molecule has 0 radical (unpaired) electrons. The number of esters is 1. The van der Waals surface area contributed by atoms with E-state index in [1.54, 1.807) is 30.3 Å². The highest BCUT2D eigenvalue weighted by molar-refractivity contribution is 6.17. The number of allylic oxidation sites excluding steroid dienone is 2. The highest BCUT2D eigenvalue weighted by Gasteiger charge is 2.33. The Kier molecular flexibility index (Phi) is 7.36. The fourth-order valence-electron chi connectivity index (χ4n) is 2.57. The van der Waals surface area contributed by atoms with Gasteiger partial charge in [-0.15, -0.1) is 0 Å². The highest BCUT2D eigenvalue weighted by atomic mass is 19.4. The monoisotopic (exact) mass is 406 g/mol. The van der Waals surface area contributed by atoms with E-state index in [-0.39, 0.29) is 11.1 Å². The van der Waals surface area contributed by atoms with Crippen LogP contribution < -0.4 is 0 Å². The quantitative estimate of drug-likeness (QED) is 0.202. The average Bonchev–Trinajstić information content (AvgIpc) is 2.69. The summed E-state index contributed by atoms with van der Waals surface area (Å²) in [6.45, 7) is 0. The summed E-state index contributed by atoms with van der Waals surface area (Å²) in [6.07, 6.45) is 2.35. The van der Waals surface area contributed by atoms with Crippen LogP contribution in [0, 0.1) is 5.82 Å². The van der Waals surface area contributed by atoms with Gasteiger partial charge in [0.15, 0.2) is 0 Å². The van der Waals surface area contributed by atoms with Gasteiger partial charge in [-0.2, -0.15) is 13.2 Å². The first-order chi connectivity index (χ1) is 13.8. The van der Waals surface area contributed by atoms with Crippen molar-refractivity contribution in [1.29, 1.82) is 0 Å². The zero-order chi connectivity index (χ0) is 21.4. The fourth-order valence-corrected chi connectivity index (χ4v) is 2.57. The van der Waals surface area contributed by atoms with Crippen molar-refractivity contribution in [3.8, 4) is 0 Å². The van der Waals surface area contributed by atoms with Crippen LogP contribution in [0.5, 0.6) is 0 Å². The molecule has 0 N–H and O–H groups in total. The van der Waals surface area contributed by atoms with Gasteiger partial charge in [0.05, 0.1) is 26.0 Å². The minimum absolute atomic E-state index is 0.161. The Labute approximate surface area is 165 Å². The molecule has 0 unspecified atom stereocenters. The summed E-state index contributed by atoms with van der Waals surface area (Å²) < 4.78 is 62.0. The van der Waals surface area contributed by atoms with E-state index < -0.39 is 23.5 Å². The Bertz CT molecular complexity index is 957. The number of halogens is 4. The van der Waals surface area contributed by atoms with Gasteiger partial charge in [-0.3, -0.25) is 0 Å². The Hall–Kier alpha value is -3.35. The maximum Gasteiger partial charge on any atom is 0.417 e. The summed E-state index contributed by atoms with van der Waals surface area (Å²) >= 11 is 0. The van der Waals surface area contributed by atoms with Gasteiger partial charge in [-0.05, 0) is 28.8 Å². The third kappa shape index (κ3) is 5.81. The van der Waals surface area contributed by atoms with Crippen LogP contribution in [0.4, 0.5) is 17.6 Å². The number of carbonyl (C=O) groups excluding carboxylic acids is 1. The van der Waals surface area contributed by atoms with Crippen molar-refractivity contribution in [3.05, 3.63) is 88.9 Å². The number of rotatable bonds is 6. The molecule has 0 saturated carbocycles. The first-order valence-electron chi connectivity index (χ1n) is 8.40. The van der Waals surface area contributed by atoms with Crippen LogP contribution in [0.1, 0.15) is 22.3 Å². The van der Waals surface area contributed by atoms with Crippen LogP contribution in [0.15, 0.2) is 60.9 Å². The second-order valence-electron chi connectivity index (χ2n) is 5.79. The fraction of sp³-hybridized carbons (Fsp3) is 0.136. The highest BCUT2D eigenvalue weighted by Crippen LogP contribution is 2.33. The summed E-state index contributed by atoms with van der Waals surface area (Å²) in [6, 6.07) is 9.37. The topological polar surface area (TPSA) is 35.5 Å². The molecule has 2 aromatic rings. The zero-order valence-electron chi connectivity index (χ0n) is 15.7. The first kappa shape index (κ1) is 21.9. The third-order valence-electron chi connectivity index (χ3n) is 3.88. The van der Waals surface area contributed by atoms with Gasteiger partial charge in [0.1, 0.15) is 11.4 Å². The van der Waals surface area contributed by atoms with Crippen LogP contribution in [0.2, 0.25) is 0 Å². The lowest BCUT2D eigenvalue weighted by Crippen LogP contribution is -2.07. The van der Waals surface area contributed by atoms with Crippen LogP contribution in [0.3, 0.4) is 0 Å². The first-order valence-corrected chi connectivity index (χ1v) is 8.40. The van der Waals surface area contributed by atoms with Crippen LogP contribution in [-0.4, -0.2) is 20.2 Å². The molecule has 0 aliphatic carbocycles. The van der Waals surface area contributed by atoms with Gasteiger partial charge in [-0.25, -0.2) is 9.18 Å². The lowest BCUT2D eigenvalue weighted by molar-refractivity contribution is -0.138. The van der Waals surface area contributed by atoms with E-state index in [2.05, 4.69) is 0 Å². The van der Waals surface area contributed by atoms with Crippen molar-refractivity contribution in [1.82, 2.24) is 0 Å². The Morgan fingerprint density at radius 3 is 2.24 bits per heavy atom. The minimum Gasteiger partial charge on any atom is -0.503 e. The molecule has 0 aliphatic heterocycles. The summed E-state index contributed by atoms with van der Waals surface area (Å²) in [7, 11) is 2.64. The molecule has 0 fully saturated rings. The molecule has 0 atom stereocenters. The van der Waals surface area contributed by atoms with E-state index in [4.69, 9.17) is 9.47 Å². The Morgan fingerprint density at radius 2 is 1.62 bits per heavy atom. The number of hydrogen-bond acceptors (Lipinski definition) is 3. The third-order valence-corrected chi connectivity index (χ3v) is 3.88. The molecule has 29 heavy (non-hydrogen) atoms. The summed E-state index contributed by atoms with van der Waals surface area (Å²) in [5.41, 5.74) is 0.131. The van der Waals surface area contributed by atoms with Gasteiger partial charge >= 0.3 is 12.1 Å². The van der Waals surface area contributed by atoms with E-state index in [1.807, 2.05) is 0 Å². The SMILES string of the molecule is COC=C(C(=O)OC)c1ccccc1C=CC=Cc1ccc(F)cc1C(F)(F)F. The summed E-state index contributed by atoms with van der Waals surface area (Å²) in [5, 5.41) is 0. The standard InChI is InChI=1S/C22H18F4O3/c1-28-14-19(21(27)29-2)18-10-6-5-8-15(18)7-3-4-9-16-11-12-17(23)13-20(16)22(24,25)26/h3-14H,1-2H3. The molecule has 0 amide bonds. The van der Waals surface area contributed by atoms with E-state index >= 15 is 0 Å². The Balaban J connectivity index is 2.33. The number of benzene rings is 2. The second kappa shape index (κ2) is 9.73. The van der Waals surface area contributed by atoms with Gasteiger partial charge < -0.3 is 9.47 Å². The number of ether oxygens (including phenoxy) is 2. The van der Waals surface area contributed by atoms with Crippen molar-refractivity contribution in [2.45, 2.75) is 6.18 Å². The average molecular weight is 406 g/mol. The predicted molar refractivity (Wildman–Crippen MR) is 103 cm³/mol. The van der Waals surface area contributed by atoms with E-state index in [1.165, 1.54) is 38.7 Å². The molecule has 0 saturated heterocycles. The molecule has 7 heteroatoms. The van der Waals surface area contributed by atoms with Gasteiger partial charge in [0, 0.05) is 0 Å². The van der Waals surface area contributed by atoms with Gasteiger partial charge in [-0.1, -0.05) is 54.6 Å². The molecule has 152 valence electrons. The van der Waals surface area contributed by atoms with Crippen molar-refractivity contribution in [3.63, 3.8) is 0 Å². The predicted octanol–water partition coefficient (Wildman–Crippen LogP) is 5.73. The molecule has 0 aromatic heterocycles. The minimum atomic E-state index is -4.67. The lowest BCUT2D eigenvalue weighted by atomic mass is 10.00. The van der Waals surface area contributed by atoms with Gasteiger partial charge in [0.25, 0.3) is 0 Å². The number of methoxy groups -OCH3 is 2. The second-order valence-corrected chi connectivity index (χ2v) is 5.79. The van der Waals surface area contributed by atoms with Crippen molar-refractivity contribution >= 4 is 23.7 Å². The molecule has 2 aromatic carbocycles. The molecule has 0 aliphatic rings. The molecule has 3 nitrogen and oxygen atoms in total. The molecule has 0 heterocycles. The van der Waals surface area contributed by atoms with Crippen molar-refractivity contribution in [2.24, 2.45) is 0 Å². The zero-order valence-corrected chi connectivity index (χ0v) is 15.7. The van der Waals surface area contributed by atoms with Crippen molar-refractivity contribution in [2.75, 3.05) is 14.2 Å². The number of carbonyl (C=O) groups is 1. The molecule has 0 bridgehead atoms. The maximum absolute atomic E-state index is 13.2. The van der Waals surface area contributed by atoms with E-state index in [9.17, 15) is 22.4 Å².